The van der Waals surface area contributed by atoms with Crippen molar-refractivity contribution in [1.29, 1.82) is 0 Å². The van der Waals surface area contributed by atoms with Crippen LogP contribution in [0.2, 0.25) is 0 Å². The van der Waals surface area contributed by atoms with Crippen LogP contribution in [-0.2, 0) is 10.0 Å². The van der Waals surface area contributed by atoms with Crippen molar-refractivity contribution in [3.05, 3.63) is 0 Å². The third-order valence-electron chi connectivity index (χ3n) is 3.88. The van der Waals surface area contributed by atoms with Gasteiger partial charge in [0.1, 0.15) is 0 Å². The van der Waals surface area contributed by atoms with Gasteiger partial charge in [-0.1, -0.05) is 0 Å². The van der Waals surface area contributed by atoms with E-state index < -0.39 is 10.0 Å². The molecule has 0 aromatic heterocycles. The monoisotopic (exact) mass is 187 g/mol. The lowest BCUT2D eigenvalue weighted by molar-refractivity contribution is 0.358. The van der Waals surface area contributed by atoms with E-state index in [4.69, 9.17) is 0 Å². The fourth-order valence-corrected chi connectivity index (χ4v) is 5.58. The maximum absolute atomic E-state index is 11.5. The van der Waals surface area contributed by atoms with Crippen molar-refractivity contribution in [1.82, 2.24) is 4.72 Å². The predicted molar refractivity (Wildman–Crippen MR) is 45.0 cm³/mol. The quantitative estimate of drug-likeness (QED) is 0.594. The molecule has 4 atom stereocenters. The average molecular weight is 187 g/mol. The van der Waals surface area contributed by atoms with Crippen molar-refractivity contribution in [3.63, 3.8) is 0 Å². The number of rotatable bonds is 0. The minimum atomic E-state index is -2.90. The summed E-state index contributed by atoms with van der Waals surface area (Å²) >= 11 is 0. The first-order valence-electron chi connectivity index (χ1n) is 4.67. The van der Waals surface area contributed by atoms with Crippen molar-refractivity contribution < 1.29 is 8.42 Å². The van der Waals surface area contributed by atoms with Crippen LogP contribution in [0.5, 0.6) is 0 Å². The summed E-state index contributed by atoms with van der Waals surface area (Å²) in [5.74, 6) is 1.65. The van der Waals surface area contributed by atoms with Gasteiger partial charge < -0.3 is 0 Å². The van der Waals surface area contributed by atoms with Crippen LogP contribution >= 0.6 is 0 Å². The summed E-state index contributed by atoms with van der Waals surface area (Å²) in [6.45, 7) is 0.716. The fourth-order valence-electron chi connectivity index (χ4n) is 3.43. The van der Waals surface area contributed by atoms with Crippen molar-refractivity contribution in [2.75, 3.05) is 6.54 Å². The Morgan fingerprint density at radius 3 is 2.67 bits per heavy atom. The summed E-state index contributed by atoms with van der Waals surface area (Å²) in [7, 11) is -2.90. The Kier molecular flexibility index (Phi) is 1.25. The first-order valence-corrected chi connectivity index (χ1v) is 6.21. The Morgan fingerprint density at radius 2 is 1.92 bits per heavy atom. The van der Waals surface area contributed by atoms with Crippen LogP contribution in [0.25, 0.3) is 0 Å². The van der Waals surface area contributed by atoms with Gasteiger partial charge in [-0.25, -0.2) is 13.1 Å². The second-order valence-electron chi connectivity index (χ2n) is 4.36. The van der Waals surface area contributed by atoms with E-state index in [1.165, 1.54) is 12.8 Å². The normalized spacial score (nSPS) is 54.3. The molecule has 3 aliphatic rings. The van der Waals surface area contributed by atoms with E-state index in [2.05, 4.69) is 4.72 Å². The molecule has 0 aromatic rings. The smallest absolute Gasteiger partial charge is 0.215 e. The lowest BCUT2D eigenvalue weighted by atomic mass is 9.89. The van der Waals surface area contributed by atoms with Crippen molar-refractivity contribution in [3.8, 4) is 0 Å². The molecule has 3 fully saturated rings. The number of sulfonamides is 1. The van der Waals surface area contributed by atoms with Gasteiger partial charge in [0.2, 0.25) is 10.0 Å². The Labute approximate surface area is 72.6 Å². The van der Waals surface area contributed by atoms with Gasteiger partial charge in [0.05, 0.1) is 5.25 Å². The standard InChI is InChI=1S/C8H13NO2S/c10-12(11)8-6-2-1-5(3-6)7(8)4-9-12/h5-9H,1-4H2/t5-,6+,7-,8+/m0/s1. The molecule has 0 unspecified atom stereocenters. The third kappa shape index (κ3) is 0.726. The lowest BCUT2D eigenvalue weighted by Gasteiger charge is -2.21. The highest BCUT2D eigenvalue weighted by atomic mass is 32.2. The van der Waals surface area contributed by atoms with E-state index in [1.807, 2.05) is 0 Å². The number of hydrogen-bond donors (Lipinski definition) is 1. The zero-order chi connectivity index (χ0) is 8.34. The largest absolute Gasteiger partial charge is 0.215 e. The summed E-state index contributed by atoms with van der Waals surface area (Å²) in [6, 6.07) is 0. The first kappa shape index (κ1) is 7.33. The maximum atomic E-state index is 11.5. The minimum absolute atomic E-state index is 0.0174. The highest BCUT2D eigenvalue weighted by Crippen LogP contribution is 2.52. The van der Waals surface area contributed by atoms with E-state index >= 15 is 0 Å². The molecule has 2 saturated carbocycles. The van der Waals surface area contributed by atoms with E-state index in [0.29, 0.717) is 24.3 Å². The molecule has 2 aliphatic carbocycles. The van der Waals surface area contributed by atoms with E-state index in [1.54, 1.807) is 0 Å². The summed E-state index contributed by atoms with van der Waals surface area (Å²) < 4.78 is 25.7. The fraction of sp³-hybridized carbons (Fsp3) is 1.00. The molecule has 2 bridgehead atoms. The molecule has 68 valence electrons. The van der Waals surface area contributed by atoms with Crippen LogP contribution < -0.4 is 4.72 Å². The molecule has 4 heteroatoms. The second-order valence-corrected chi connectivity index (χ2v) is 6.28. The van der Waals surface area contributed by atoms with Crippen LogP contribution in [0.4, 0.5) is 0 Å². The van der Waals surface area contributed by atoms with E-state index in [9.17, 15) is 8.42 Å². The van der Waals surface area contributed by atoms with Crippen LogP contribution in [0.15, 0.2) is 0 Å². The van der Waals surface area contributed by atoms with Gasteiger partial charge in [-0.2, -0.15) is 0 Å². The summed E-state index contributed by atoms with van der Waals surface area (Å²) in [4.78, 5) is 0. The Bertz CT molecular complexity index is 311. The lowest BCUT2D eigenvalue weighted by Crippen LogP contribution is -2.30. The minimum Gasteiger partial charge on any atom is -0.215 e. The molecule has 1 N–H and O–H groups in total. The van der Waals surface area contributed by atoms with Gasteiger partial charge >= 0.3 is 0 Å². The molecular weight excluding hydrogens is 174 g/mol. The molecular formula is C8H13NO2S. The second kappa shape index (κ2) is 2.04. The number of fused-ring (bicyclic) bond motifs is 5. The summed E-state index contributed by atoms with van der Waals surface area (Å²) in [5, 5.41) is -0.0174. The van der Waals surface area contributed by atoms with Gasteiger partial charge in [-0.3, -0.25) is 0 Å². The van der Waals surface area contributed by atoms with E-state index in [0.717, 1.165) is 6.42 Å². The molecule has 0 aromatic carbocycles. The third-order valence-corrected chi connectivity index (χ3v) is 5.90. The van der Waals surface area contributed by atoms with Gasteiger partial charge in [0.25, 0.3) is 0 Å². The highest BCUT2D eigenvalue weighted by molar-refractivity contribution is 7.90. The van der Waals surface area contributed by atoms with Crippen molar-refractivity contribution in [2.45, 2.75) is 24.5 Å². The molecule has 3 nitrogen and oxygen atoms in total. The zero-order valence-electron chi connectivity index (χ0n) is 6.86. The topological polar surface area (TPSA) is 46.2 Å². The van der Waals surface area contributed by atoms with Gasteiger partial charge in [-0.05, 0) is 37.0 Å². The molecule has 0 amide bonds. The molecule has 1 heterocycles. The molecule has 0 spiro atoms. The summed E-state index contributed by atoms with van der Waals surface area (Å²) in [5.41, 5.74) is 0. The molecule has 3 rings (SSSR count). The maximum Gasteiger partial charge on any atom is 0.215 e. The molecule has 0 radical (unpaired) electrons. The summed E-state index contributed by atoms with van der Waals surface area (Å²) in [6.07, 6.45) is 3.59. The Hall–Kier alpha value is -0.0900. The van der Waals surface area contributed by atoms with Gasteiger partial charge in [-0.15, -0.1) is 0 Å². The van der Waals surface area contributed by atoms with Crippen LogP contribution in [-0.4, -0.2) is 20.2 Å². The van der Waals surface area contributed by atoms with Crippen LogP contribution in [0.1, 0.15) is 19.3 Å². The SMILES string of the molecule is O=S1(=O)NC[C@H]2[C@H]3CC[C@H](C3)[C@H]21. The zero-order valence-corrected chi connectivity index (χ0v) is 7.68. The van der Waals surface area contributed by atoms with Crippen LogP contribution in [0, 0.1) is 17.8 Å². The van der Waals surface area contributed by atoms with Crippen LogP contribution in [0.3, 0.4) is 0 Å². The Balaban J connectivity index is 2.05. The number of hydrogen-bond acceptors (Lipinski definition) is 2. The predicted octanol–water partition coefficient (Wildman–Crippen LogP) is 0.334. The van der Waals surface area contributed by atoms with Crippen molar-refractivity contribution >= 4 is 10.0 Å². The Morgan fingerprint density at radius 1 is 1.17 bits per heavy atom. The molecule has 1 aliphatic heterocycles. The van der Waals surface area contributed by atoms with Crippen molar-refractivity contribution in [2.24, 2.45) is 17.8 Å². The molecule has 1 saturated heterocycles. The van der Waals surface area contributed by atoms with Gasteiger partial charge in [0.15, 0.2) is 0 Å². The number of nitrogens with one attached hydrogen (secondary N) is 1. The average Bonchev–Trinajstić information content (AvgIpc) is 2.61. The van der Waals surface area contributed by atoms with Gasteiger partial charge in [0, 0.05) is 6.54 Å². The van der Waals surface area contributed by atoms with E-state index in [-0.39, 0.29) is 5.25 Å². The first-order chi connectivity index (χ1) is 5.68. The highest BCUT2D eigenvalue weighted by Gasteiger charge is 2.56. The molecule has 12 heavy (non-hydrogen) atoms.